The van der Waals surface area contributed by atoms with Gasteiger partial charge in [0.1, 0.15) is 17.6 Å². The van der Waals surface area contributed by atoms with Gasteiger partial charge >= 0.3 is 0 Å². The highest BCUT2D eigenvalue weighted by molar-refractivity contribution is 7.89. The van der Waals surface area contributed by atoms with Gasteiger partial charge in [0, 0.05) is 25.5 Å². The standard InChI is InChI=1S/C18H21N3O5S/c19-18(22)13-25-14-1-3-17(4-2-14)27(23,24)21-11-7-16(8-12-21)26-15-5-9-20-10-6-15/h1-6,9-10,16H,7-8,11-13H2,(H2,19,22). The molecule has 0 unspecified atom stereocenters. The zero-order valence-corrected chi connectivity index (χ0v) is 15.5. The van der Waals surface area contributed by atoms with E-state index in [1.807, 2.05) is 0 Å². The molecule has 0 spiro atoms. The van der Waals surface area contributed by atoms with Gasteiger partial charge in [-0.2, -0.15) is 4.31 Å². The first kappa shape index (κ1) is 19.1. The third-order valence-electron chi connectivity index (χ3n) is 4.20. The molecule has 8 nitrogen and oxygen atoms in total. The number of carbonyl (C=O) groups excluding carboxylic acids is 1. The van der Waals surface area contributed by atoms with E-state index in [1.54, 1.807) is 24.5 Å². The maximum absolute atomic E-state index is 12.8. The SMILES string of the molecule is NC(=O)COc1ccc(S(=O)(=O)N2CCC(Oc3ccncc3)CC2)cc1. The van der Waals surface area contributed by atoms with Gasteiger partial charge in [0.2, 0.25) is 10.0 Å². The van der Waals surface area contributed by atoms with Gasteiger partial charge in [0.05, 0.1) is 4.90 Å². The van der Waals surface area contributed by atoms with Gasteiger partial charge in [-0.1, -0.05) is 0 Å². The van der Waals surface area contributed by atoms with Gasteiger partial charge in [-0.25, -0.2) is 8.42 Å². The molecule has 1 aliphatic heterocycles. The van der Waals surface area contributed by atoms with Crippen LogP contribution in [0.1, 0.15) is 12.8 Å². The Morgan fingerprint density at radius 1 is 1.07 bits per heavy atom. The summed E-state index contributed by atoms with van der Waals surface area (Å²) in [5.41, 5.74) is 5.02. The van der Waals surface area contributed by atoms with Gasteiger partial charge in [-0.15, -0.1) is 0 Å². The number of piperidine rings is 1. The summed E-state index contributed by atoms with van der Waals surface area (Å²) in [4.78, 5) is 14.9. The number of hydrogen-bond donors (Lipinski definition) is 1. The molecule has 9 heteroatoms. The Kier molecular flexibility index (Phi) is 5.92. The molecule has 0 aliphatic carbocycles. The molecule has 2 N–H and O–H groups in total. The molecule has 0 bridgehead atoms. The number of hydrogen-bond acceptors (Lipinski definition) is 6. The second-order valence-electron chi connectivity index (χ2n) is 6.13. The zero-order chi connectivity index (χ0) is 19.3. The summed E-state index contributed by atoms with van der Waals surface area (Å²) in [6.45, 7) is 0.521. The number of pyridine rings is 1. The quantitative estimate of drug-likeness (QED) is 0.758. The fourth-order valence-electron chi connectivity index (χ4n) is 2.81. The normalized spacial score (nSPS) is 16.0. The summed E-state index contributed by atoms with van der Waals surface area (Å²) in [5, 5.41) is 0. The van der Waals surface area contributed by atoms with E-state index in [9.17, 15) is 13.2 Å². The number of aromatic nitrogens is 1. The molecule has 1 aromatic carbocycles. The molecular weight excluding hydrogens is 370 g/mol. The topological polar surface area (TPSA) is 112 Å². The van der Waals surface area contributed by atoms with Crippen molar-refractivity contribution in [2.45, 2.75) is 23.8 Å². The molecule has 3 rings (SSSR count). The highest BCUT2D eigenvalue weighted by atomic mass is 32.2. The minimum atomic E-state index is -3.59. The smallest absolute Gasteiger partial charge is 0.255 e. The molecule has 1 aliphatic rings. The largest absolute Gasteiger partial charge is 0.490 e. The van der Waals surface area contributed by atoms with E-state index < -0.39 is 15.9 Å². The minimum Gasteiger partial charge on any atom is -0.490 e. The summed E-state index contributed by atoms with van der Waals surface area (Å²) >= 11 is 0. The third-order valence-corrected chi connectivity index (χ3v) is 6.11. The lowest BCUT2D eigenvalue weighted by Crippen LogP contribution is -2.41. The van der Waals surface area contributed by atoms with Crippen molar-refractivity contribution in [3.8, 4) is 11.5 Å². The maximum atomic E-state index is 12.8. The van der Waals surface area contributed by atoms with Gasteiger partial charge in [-0.3, -0.25) is 9.78 Å². The highest BCUT2D eigenvalue weighted by Crippen LogP contribution is 2.24. The lowest BCUT2D eigenvalue weighted by atomic mass is 10.1. The zero-order valence-electron chi connectivity index (χ0n) is 14.7. The first-order chi connectivity index (χ1) is 12.9. The van der Waals surface area contributed by atoms with Crippen LogP contribution in [-0.4, -0.2) is 49.4 Å². The minimum absolute atomic E-state index is 0.0246. The number of primary amides is 1. The Balaban J connectivity index is 1.58. The van der Waals surface area contributed by atoms with Crippen LogP contribution < -0.4 is 15.2 Å². The van der Waals surface area contributed by atoms with Crippen LogP contribution in [0, 0.1) is 0 Å². The van der Waals surface area contributed by atoms with Crippen LogP contribution >= 0.6 is 0 Å². The van der Waals surface area contributed by atoms with Crippen LogP contribution in [0.4, 0.5) is 0 Å². The van der Waals surface area contributed by atoms with Crippen LogP contribution in [-0.2, 0) is 14.8 Å². The molecule has 2 aromatic rings. The van der Waals surface area contributed by atoms with Crippen molar-refractivity contribution < 1.29 is 22.7 Å². The molecule has 2 heterocycles. The fraction of sp³-hybridized carbons (Fsp3) is 0.333. The Morgan fingerprint density at radius 2 is 1.70 bits per heavy atom. The van der Waals surface area contributed by atoms with Gasteiger partial charge < -0.3 is 15.2 Å². The number of ether oxygens (including phenoxy) is 2. The molecule has 0 radical (unpaired) electrons. The van der Waals surface area contributed by atoms with Crippen LogP contribution in [0.15, 0.2) is 53.7 Å². The summed E-state index contributed by atoms with van der Waals surface area (Å²) < 4.78 is 38.1. The molecule has 0 saturated carbocycles. The maximum Gasteiger partial charge on any atom is 0.255 e. The number of rotatable bonds is 7. The van der Waals surface area contributed by atoms with E-state index >= 15 is 0 Å². The van der Waals surface area contributed by atoms with E-state index in [2.05, 4.69) is 4.98 Å². The Labute approximate surface area is 158 Å². The molecule has 27 heavy (non-hydrogen) atoms. The van der Waals surface area contributed by atoms with Crippen molar-refractivity contribution in [2.75, 3.05) is 19.7 Å². The molecule has 1 saturated heterocycles. The average Bonchev–Trinajstić information content (AvgIpc) is 2.68. The van der Waals surface area contributed by atoms with E-state index in [4.69, 9.17) is 15.2 Å². The average molecular weight is 391 g/mol. The van der Waals surface area contributed by atoms with Crippen LogP contribution in [0.25, 0.3) is 0 Å². The first-order valence-electron chi connectivity index (χ1n) is 8.53. The summed E-state index contributed by atoms with van der Waals surface area (Å²) in [5.74, 6) is 0.526. The van der Waals surface area contributed by atoms with Crippen LogP contribution in [0.3, 0.4) is 0 Å². The Hall–Kier alpha value is -2.65. The number of amides is 1. The van der Waals surface area contributed by atoms with Gasteiger partial charge in [0.15, 0.2) is 6.61 Å². The van der Waals surface area contributed by atoms with Gasteiger partial charge in [-0.05, 0) is 49.2 Å². The number of benzene rings is 1. The first-order valence-corrected chi connectivity index (χ1v) is 9.97. The van der Waals surface area contributed by atoms with Crippen molar-refractivity contribution in [2.24, 2.45) is 5.73 Å². The van der Waals surface area contributed by atoms with Gasteiger partial charge in [0.25, 0.3) is 5.91 Å². The predicted octanol–water partition coefficient (Wildman–Crippen LogP) is 1.18. The van der Waals surface area contributed by atoms with Crippen LogP contribution in [0.2, 0.25) is 0 Å². The van der Waals surface area contributed by atoms with Crippen molar-refractivity contribution in [3.63, 3.8) is 0 Å². The second kappa shape index (κ2) is 8.36. The van der Waals surface area contributed by atoms with Crippen molar-refractivity contribution in [3.05, 3.63) is 48.8 Å². The molecule has 1 aromatic heterocycles. The molecular formula is C18H21N3O5S. The van der Waals surface area contributed by atoms with Crippen molar-refractivity contribution >= 4 is 15.9 Å². The summed E-state index contributed by atoms with van der Waals surface area (Å²) in [7, 11) is -3.59. The molecule has 1 amide bonds. The third kappa shape index (κ3) is 4.95. The van der Waals surface area contributed by atoms with E-state index in [0.717, 1.165) is 5.75 Å². The van der Waals surface area contributed by atoms with E-state index in [-0.39, 0.29) is 17.6 Å². The second-order valence-corrected chi connectivity index (χ2v) is 8.07. The molecule has 0 atom stereocenters. The predicted molar refractivity (Wildman–Crippen MR) is 97.8 cm³/mol. The molecule has 144 valence electrons. The van der Waals surface area contributed by atoms with E-state index in [1.165, 1.54) is 28.6 Å². The fourth-order valence-corrected chi connectivity index (χ4v) is 4.28. The number of carbonyl (C=O) groups is 1. The van der Waals surface area contributed by atoms with Crippen molar-refractivity contribution in [1.29, 1.82) is 0 Å². The number of nitrogens with zero attached hydrogens (tertiary/aromatic N) is 2. The number of nitrogens with two attached hydrogens (primary N) is 1. The summed E-state index contributed by atoms with van der Waals surface area (Å²) in [6.07, 6.45) is 4.52. The lowest BCUT2D eigenvalue weighted by Gasteiger charge is -2.31. The molecule has 1 fully saturated rings. The lowest BCUT2D eigenvalue weighted by molar-refractivity contribution is -0.119. The Morgan fingerprint density at radius 3 is 2.30 bits per heavy atom. The Bertz CT molecular complexity index is 864. The van der Waals surface area contributed by atoms with Crippen LogP contribution in [0.5, 0.6) is 11.5 Å². The van der Waals surface area contributed by atoms with Crippen molar-refractivity contribution in [1.82, 2.24) is 9.29 Å². The number of sulfonamides is 1. The summed E-state index contributed by atoms with van der Waals surface area (Å²) in [6, 6.07) is 9.51. The monoisotopic (exact) mass is 391 g/mol. The van der Waals surface area contributed by atoms with E-state index in [0.29, 0.717) is 31.7 Å². The highest BCUT2D eigenvalue weighted by Gasteiger charge is 2.30.